The van der Waals surface area contributed by atoms with Gasteiger partial charge in [0.1, 0.15) is 17.2 Å². The summed E-state index contributed by atoms with van der Waals surface area (Å²) in [6, 6.07) is 17.0. The molecule has 0 fully saturated rings. The Labute approximate surface area is 169 Å². The van der Waals surface area contributed by atoms with E-state index in [-0.39, 0.29) is 0 Å². The molecule has 2 bridgehead atoms. The summed E-state index contributed by atoms with van der Waals surface area (Å²) in [5.41, 5.74) is 1.19. The second-order valence-corrected chi connectivity index (χ2v) is 9.72. The van der Waals surface area contributed by atoms with Crippen LogP contribution in [0.5, 0.6) is 17.2 Å². The van der Waals surface area contributed by atoms with E-state index >= 15 is 0 Å². The van der Waals surface area contributed by atoms with Crippen LogP contribution in [-0.4, -0.2) is 28.4 Å². The Bertz CT molecular complexity index is 1060. The molecule has 3 aromatic rings. The summed E-state index contributed by atoms with van der Waals surface area (Å²) in [5, 5.41) is 2.21. The van der Waals surface area contributed by atoms with Gasteiger partial charge in [-0.1, -0.05) is 36.4 Å². The zero-order valence-corrected chi connectivity index (χ0v) is 17.6. The molecular weight excluding hydrogens is 387 g/mol. The van der Waals surface area contributed by atoms with E-state index in [4.69, 9.17) is 18.9 Å². The Morgan fingerprint density at radius 1 is 0.621 bits per heavy atom. The van der Waals surface area contributed by atoms with Gasteiger partial charge in [0.05, 0.1) is 21.3 Å². The third kappa shape index (κ3) is 1.92. The number of methoxy groups -OCH3 is 4. The molecule has 0 aliphatic carbocycles. The molecule has 0 N–H and O–H groups in total. The van der Waals surface area contributed by atoms with Crippen LogP contribution in [0.1, 0.15) is 16.7 Å². The Morgan fingerprint density at radius 2 is 0.966 bits per heavy atom. The lowest BCUT2D eigenvalue weighted by atomic mass is 9.77. The van der Waals surface area contributed by atoms with Crippen molar-refractivity contribution in [3.05, 3.63) is 71.3 Å². The van der Waals surface area contributed by atoms with Gasteiger partial charge in [-0.05, 0) is 18.2 Å². The Kier molecular flexibility index (Phi) is 3.86. The van der Waals surface area contributed by atoms with Crippen LogP contribution in [0.15, 0.2) is 54.6 Å². The van der Waals surface area contributed by atoms with E-state index in [2.05, 4.69) is 0 Å². The fourth-order valence-electron chi connectivity index (χ4n) is 4.99. The predicted molar refractivity (Wildman–Crippen MR) is 112 cm³/mol. The molecule has 0 unspecified atom stereocenters. The third-order valence-corrected chi connectivity index (χ3v) is 9.21. The van der Waals surface area contributed by atoms with Gasteiger partial charge in [0.2, 0.25) is 0 Å². The molecule has 0 spiro atoms. The molecule has 3 aliphatic rings. The van der Waals surface area contributed by atoms with E-state index in [0.717, 1.165) is 32.6 Å². The van der Waals surface area contributed by atoms with Crippen molar-refractivity contribution in [1.82, 2.24) is 0 Å². The summed E-state index contributed by atoms with van der Waals surface area (Å²) in [5.74, 6) is 1.87. The molecule has 3 aliphatic heterocycles. The zero-order valence-electron chi connectivity index (χ0n) is 16.7. The van der Waals surface area contributed by atoms with Gasteiger partial charge >= 0.3 is 0 Å². The Morgan fingerprint density at radius 3 is 1.24 bits per heavy atom. The van der Waals surface area contributed by atoms with E-state index < -0.39 is 12.7 Å². The van der Waals surface area contributed by atoms with Gasteiger partial charge in [0, 0.05) is 39.7 Å². The zero-order chi connectivity index (χ0) is 20.4. The molecule has 6 rings (SSSR count). The molecule has 0 radical (unpaired) electrons. The smallest absolute Gasteiger partial charge is 0.172 e. The van der Waals surface area contributed by atoms with E-state index in [9.17, 15) is 4.57 Å². The first-order valence-corrected chi connectivity index (χ1v) is 11.0. The van der Waals surface area contributed by atoms with Crippen LogP contribution < -0.4 is 30.1 Å². The van der Waals surface area contributed by atoms with E-state index in [0.29, 0.717) is 17.2 Å². The molecule has 0 saturated carbocycles. The summed E-state index contributed by atoms with van der Waals surface area (Å²) in [6.07, 6.45) is 0. The summed E-state index contributed by atoms with van der Waals surface area (Å²) in [6.45, 7) is 0. The minimum atomic E-state index is -3.19. The summed E-state index contributed by atoms with van der Waals surface area (Å²) in [7, 11) is 3.31. The van der Waals surface area contributed by atoms with Crippen LogP contribution >= 0.6 is 7.14 Å². The van der Waals surface area contributed by atoms with Crippen molar-refractivity contribution in [3.63, 3.8) is 0 Å². The molecule has 0 aromatic heterocycles. The largest absolute Gasteiger partial charge is 0.496 e. The Balaban J connectivity index is 2.10. The highest BCUT2D eigenvalue weighted by Crippen LogP contribution is 2.65. The molecule has 29 heavy (non-hydrogen) atoms. The predicted octanol–water partition coefficient (Wildman–Crippen LogP) is 2.92. The molecule has 6 heteroatoms. The standard InChI is InChI=1S/C23H21O5P/c1-25-14-8-5-11-17-20(14)23(28-4)21-15(26-2)9-6-12-18(21)29(17,24)19-13-7-10-16(27-3)22(19)23/h5-13H,1-4H3. The van der Waals surface area contributed by atoms with E-state index in [1.165, 1.54) is 0 Å². The van der Waals surface area contributed by atoms with Gasteiger partial charge in [-0.2, -0.15) is 0 Å². The van der Waals surface area contributed by atoms with E-state index in [1.54, 1.807) is 28.4 Å². The van der Waals surface area contributed by atoms with Crippen molar-refractivity contribution in [2.75, 3.05) is 28.4 Å². The molecule has 3 aromatic carbocycles. The lowest BCUT2D eigenvalue weighted by Gasteiger charge is -2.50. The maximum absolute atomic E-state index is 14.9. The molecular formula is C23H21O5P. The van der Waals surface area contributed by atoms with Crippen molar-refractivity contribution in [1.29, 1.82) is 0 Å². The van der Waals surface area contributed by atoms with Crippen LogP contribution in [0.25, 0.3) is 0 Å². The Hall–Kier alpha value is -2.75. The van der Waals surface area contributed by atoms with Crippen LogP contribution in [0.2, 0.25) is 0 Å². The average Bonchev–Trinajstić information content (AvgIpc) is 2.78. The maximum Gasteiger partial charge on any atom is 0.172 e. The maximum atomic E-state index is 14.9. The molecule has 148 valence electrons. The fourth-order valence-corrected chi connectivity index (χ4v) is 8.40. The number of benzene rings is 3. The first-order chi connectivity index (χ1) is 14.1. The van der Waals surface area contributed by atoms with E-state index in [1.807, 2.05) is 54.6 Å². The van der Waals surface area contributed by atoms with Gasteiger partial charge < -0.3 is 23.5 Å². The van der Waals surface area contributed by atoms with Crippen LogP contribution in [0.3, 0.4) is 0 Å². The second-order valence-electron chi connectivity index (χ2n) is 7.06. The monoisotopic (exact) mass is 408 g/mol. The highest BCUT2D eigenvalue weighted by atomic mass is 31.2. The van der Waals surface area contributed by atoms with Gasteiger partial charge in [0.15, 0.2) is 12.7 Å². The first-order valence-electron chi connectivity index (χ1n) is 9.28. The van der Waals surface area contributed by atoms with Crippen molar-refractivity contribution >= 4 is 23.1 Å². The van der Waals surface area contributed by atoms with Gasteiger partial charge in [0.25, 0.3) is 0 Å². The topological polar surface area (TPSA) is 54.0 Å². The fraction of sp³-hybridized carbons (Fsp3) is 0.217. The third-order valence-electron chi connectivity index (χ3n) is 6.05. The van der Waals surface area contributed by atoms with Crippen molar-refractivity contribution < 1.29 is 23.5 Å². The molecule has 0 saturated heterocycles. The van der Waals surface area contributed by atoms with Crippen LogP contribution in [0, 0.1) is 0 Å². The van der Waals surface area contributed by atoms with Gasteiger partial charge in [-0.3, -0.25) is 0 Å². The summed E-state index contributed by atoms with van der Waals surface area (Å²) >= 11 is 0. The lowest BCUT2D eigenvalue weighted by Crippen LogP contribution is -2.55. The second kappa shape index (κ2) is 6.12. The van der Waals surface area contributed by atoms with Gasteiger partial charge in [-0.15, -0.1) is 0 Å². The molecule has 0 amide bonds. The quantitative estimate of drug-likeness (QED) is 0.622. The average molecular weight is 408 g/mol. The highest BCUT2D eigenvalue weighted by Gasteiger charge is 2.61. The van der Waals surface area contributed by atoms with Crippen molar-refractivity contribution in [2.45, 2.75) is 5.60 Å². The van der Waals surface area contributed by atoms with Crippen LogP contribution in [-0.2, 0) is 14.9 Å². The van der Waals surface area contributed by atoms with Crippen LogP contribution in [0.4, 0.5) is 0 Å². The van der Waals surface area contributed by atoms with Gasteiger partial charge in [-0.25, -0.2) is 0 Å². The molecule has 0 atom stereocenters. The lowest BCUT2D eigenvalue weighted by molar-refractivity contribution is 0.0531. The van der Waals surface area contributed by atoms with Crippen molar-refractivity contribution in [2.24, 2.45) is 0 Å². The SMILES string of the molecule is COc1cccc2c1C1(OC)c3c(OC)cccc3P2(=O)c2cccc(OC)c21. The number of rotatable bonds is 4. The number of hydrogen-bond donors (Lipinski definition) is 0. The first kappa shape index (κ1) is 18.3. The minimum Gasteiger partial charge on any atom is -0.496 e. The number of hydrogen-bond acceptors (Lipinski definition) is 5. The number of ether oxygens (including phenoxy) is 4. The van der Waals surface area contributed by atoms with Crippen molar-refractivity contribution in [3.8, 4) is 17.2 Å². The highest BCUT2D eigenvalue weighted by molar-refractivity contribution is 7.86. The molecule has 5 nitrogen and oxygen atoms in total. The molecule has 3 heterocycles. The summed E-state index contributed by atoms with van der Waals surface area (Å²) in [4.78, 5) is 0. The summed E-state index contributed by atoms with van der Waals surface area (Å²) < 4.78 is 38.5. The normalized spacial score (nSPS) is 23.0. The minimum absolute atomic E-state index is 0.623.